The Hall–Kier alpha value is -1.93. The van der Waals surface area contributed by atoms with E-state index in [-0.39, 0.29) is 38.2 Å². The monoisotopic (exact) mass is 369 g/mol. The molecule has 0 N–H and O–H groups in total. The molecule has 0 aromatic heterocycles. The van der Waals surface area contributed by atoms with E-state index in [9.17, 15) is 18.0 Å². The molecule has 0 saturated carbocycles. The zero-order chi connectivity index (χ0) is 18.3. The van der Waals surface area contributed by atoms with Gasteiger partial charge in [-0.1, -0.05) is 30.3 Å². The Bertz CT molecular complexity index is 680. The van der Waals surface area contributed by atoms with Crippen molar-refractivity contribution in [3.63, 3.8) is 0 Å². The van der Waals surface area contributed by atoms with Crippen LogP contribution in [0.15, 0.2) is 30.3 Å². The highest BCUT2D eigenvalue weighted by Gasteiger charge is 2.33. The molecule has 0 radical (unpaired) electrons. The predicted molar refractivity (Wildman–Crippen MR) is 91.0 cm³/mol. The molecule has 8 heteroatoms. The Kier molecular flexibility index (Phi) is 6.95. The average Bonchev–Trinajstić information content (AvgIpc) is 2.60. The minimum Gasteiger partial charge on any atom is -0.465 e. The van der Waals surface area contributed by atoms with Gasteiger partial charge in [0.2, 0.25) is 10.0 Å². The van der Waals surface area contributed by atoms with E-state index in [2.05, 4.69) is 4.74 Å². The maximum absolute atomic E-state index is 12.2. The third kappa shape index (κ3) is 5.82. The largest absolute Gasteiger partial charge is 0.465 e. The Labute approximate surface area is 148 Å². The summed E-state index contributed by atoms with van der Waals surface area (Å²) in [5.74, 6) is -2.06. The first kappa shape index (κ1) is 19.4. The van der Waals surface area contributed by atoms with Crippen LogP contribution in [0.1, 0.15) is 25.3 Å². The lowest BCUT2D eigenvalue weighted by molar-refractivity contribution is -0.151. The van der Waals surface area contributed by atoms with Gasteiger partial charge in [-0.2, -0.15) is 0 Å². The molecule has 138 valence electrons. The Balaban J connectivity index is 1.80. The van der Waals surface area contributed by atoms with Crippen molar-refractivity contribution in [2.45, 2.75) is 26.4 Å². The number of esters is 2. The Morgan fingerprint density at radius 1 is 1.12 bits per heavy atom. The van der Waals surface area contributed by atoms with Gasteiger partial charge in [0.15, 0.2) is 5.75 Å². The average molecular weight is 369 g/mol. The van der Waals surface area contributed by atoms with Crippen molar-refractivity contribution in [3.05, 3.63) is 35.9 Å². The number of carbonyl (C=O) groups excluding carboxylic acids is 2. The topological polar surface area (TPSA) is 90.0 Å². The van der Waals surface area contributed by atoms with E-state index in [1.165, 1.54) is 4.31 Å². The quantitative estimate of drug-likeness (QED) is 0.674. The highest BCUT2D eigenvalue weighted by atomic mass is 32.2. The summed E-state index contributed by atoms with van der Waals surface area (Å²) in [4.78, 5) is 23.5. The van der Waals surface area contributed by atoms with E-state index in [0.717, 1.165) is 5.56 Å². The minimum absolute atomic E-state index is 0.143. The molecule has 0 atom stereocenters. The van der Waals surface area contributed by atoms with Crippen molar-refractivity contribution in [1.29, 1.82) is 0 Å². The van der Waals surface area contributed by atoms with Gasteiger partial charge in [0.1, 0.15) is 6.61 Å². The fourth-order valence-corrected chi connectivity index (χ4v) is 3.99. The molecule has 0 amide bonds. The highest BCUT2D eigenvalue weighted by Crippen LogP contribution is 2.21. The van der Waals surface area contributed by atoms with Crippen LogP contribution in [-0.4, -0.2) is 50.1 Å². The fourth-order valence-electron chi connectivity index (χ4n) is 2.66. The second-order valence-corrected chi connectivity index (χ2v) is 7.80. The van der Waals surface area contributed by atoms with Crippen LogP contribution in [0.5, 0.6) is 0 Å². The molecule has 1 aromatic carbocycles. The van der Waals surface area contributed by atoms with Crippen LogP contribution >= 0.6 is 0 Å². The van der Waals surface area contributed by atoms with E-state index in [0.29, 0.717) is 12.8 Å². The number of hydrogen-bond acceptors (Lipinski definition) is 6. The van der Waals surface area contributed by atoms with Gasteiger partial charge >= 0.3 is 11.9 Å². The zero-order valence-electron chi connectivity index (χ0n) is 14.2. The summed E-state index contributed by atoms with van der Waals surface area (Å²) in [5, 5.41) is 0. The van der Waals surface area contributed by atoms with Crippen molar-refractivity contribution < 1.29 is 27.5 Å². The molecule has 7 nitrogen and oxygen atoms in total. The third-order valence-electron chi connectivity index (χ3n) is 4.01. The SMILES string of the molecule is CCOC(=O)CS(=O)(=O)N1CCC(C(=O)OCc2ccccc2)CC1. The Morgan fingerprint density at radius 2 is 1.76 bits per heavy atom. The van der Waals surface area contributed by atoms with Crippen LogP contribution in [-0.2, 0) is 35.7 Å². The number of carbonyl (C=O) groups is 2. The number of benzene rings is 1. The molecule has 1 heterocycles. The molecule has 0 bridgehead atoms. The zero-order valence-corrected chi connectivity index (χ0v) is 15.0. The molecule has 1 aliphatic heterocycles. The molecule has 25 heavy (non-hydrogen) atoms. The lowest BCUT2D eigenvalue weighted by Gasteiger charge is -2.29. The van der Waals surface area contributed by atoms with Crippen LogP contribution in [0.25, 0.3) is 0 Å². The van der Waals surface area contributed by atoms with E-state index < -0.39 is 21.7 Å². The van der Waals surface area contributed by atoms with Gasteiger partial charge in [0.25, 0.3) is 0 Å². The summed E-state index contributed by atoms with van der Waals surface area (Å²) < 4.78 is 35.6. The lowest BCUT2D eigenvalue weighted by Crippen LogP contribution is -2.43. The van der Waals surface area contributed by atoms with Gasteiger partial charge in [0.05, 0.1) is 12.5 Å². The normalized spacial score (nSPS) is 16.4. The summed E-state index contributed by atoms with van der Waals surface area (Å²) in [7, 11) is -3.70. The summed E-state index contributed by atoms with van der Waals surface area (Å²) in [6.07, 6.45) is 0.769. The van der Waals surface area contributed by atoms with Crippen LogP contribution < -0.4 is 0 Å². The van der Waals surface area contributed by atoms with E-state index in [1.54, 1.807) is 6.92 Å². The molecular formula is C17H23NO6S. The fraction of sp³-hybridized carbons (Fsp3) is 0.529. The summed E-state index contributed by atoms with van der Waals surface area (Å²) in [6, 6.07) is 9.37. The van der Waals surface area contributed by atoms with Gasteiger partial charge in [0, 0.05) is 13.1 Å². The number of nitrogens with zero attached hydrogens (tertiary/aromatic N) is 1. The molecule has 1 fully saturated rings. The molecule has 2 rings (SSSR count). The van der Waals surface area contributed by atoms with Crippen molar-refractivity contribution in [2.24, 2.45) is 5.92 Å². The number of ether oxygens (including phenoxy) is 2. The first-order chi connectivity index (χ1) is 11.9. The van der Waals surface area contributed by atoms with Crippen molar-refractivity contribution in [2.75, 3.05) is 25.4 Å². The first-order valence-electron chi connectivity index (χ1n) is 8.26. The molecule has 0 unspecified atom stereocenters. The second-order valence-electron chi connectivity index (χ2n) is 5.83. The van der Waals surface area contributed by atoms with E-state index >= 15 is 0 Å². The van der Waals surface area contributed by atoms with E-state index in [1.807, 2.05) is 30.3 Å². The summed E-state index contributed by atoms with van der Waals surface area (Å²) in [6.45, 7) is 2.38. The molecule has 1 aliphatic rings. The number of rotatable bonds is 7. The van der Waals surface area contributed by atoms with Gasteiger partial charge in [-0.3, -0.25) is 9.59 Å². The van der Waals surface area contributed by atoms with Gasteiger partial charge in [-0.05, 0) is 25.3 Å². The van der Waals surface area contributed by atoms with Crippen molar-refractivity contribution in [3.8, 4) is 0 Å². The number of piperidine rings is 1. The van der Waals surface area contributed by atoms with E-state index in [4.69, 9.17) is 4.74 Å². The molecule has 0 aliphatic carbocycles. The van der Waals surface area contributed by atoms with Crippen LogP contribution in [0.3, 0.4) is 0 Å². The summed E-state index contributed by atoms with van der Waals surface area (Å²) in [5.41, 5.74) is 0.908. The summed E-state index contributed by atoms with van der Waals surface area (Å²) >= 11 is 0. The smallest absolute Gasteiger partial charge is 0.322 e. The Morgan fingerprint density at radius 3 is 2.36 bits per heavy atom. The van der Waals surface area contributed by atoms with Gasteiger partial charge < -0.3 is 9.47 Å². The predicted octanol–water partition coefficient (Wildman–Crippen LogP) is 1.33. The molecule has 1 saturated heterocycles. The van der Waals surface area contributed by atoms with Crippen LogP contribution in [0.4, 0.5) is 0 Å². The van der Waals surface area contributed by atoms with Gasteiger partial charge in [-0.25, -0.2) is 12.7 Å². The standard InChI is InChI=1S/C17H23NO6S/c1-2-23-16(19)13-25(21,22)18-10-8-15(9-11-18)17(20)24-12-14-6-4-3-5-7-14/h3-7,15H,2,8-13H2,1H3. The third-order valence-corrected chi connectivity index (χ3v) is 5.76. The van der Waals surface area contributed by atoms with Gasteiger partial charge in [-0.15, -0.1) is 0 Å². The minimum atomic E-state index is -3.70. The highest BCUT2D eigenvalue weighted by molar-refractivity contribution is 7.89. The van der Waals surface area contributed by atoms with Crippen LogP contribution in [0, 0.1) is 5.92 Å². The number of sulfonamides is 1. The van der Waals surface area contributed by atoms with Crippen LogP contribution in [0.2, 0.25) is 0 Å². The lowest BCUT2D eigenvalue weighted by atomic mass is 9.98. The van der Waals surface area contributed by atoms with Crippen molar-refractivity contribution >= 4 is 22.0 Å². The van der Waals surface area contributed by atoms with Crippen molar-refractivity contribution in [1.82, 2.24) is 4.31 Å². The maximum Gasteiger partial charge on any atom is 0.322 e. The molecular weight excluding hydrogens is 346 g/mol. The maximum atomic E-state index is 12.2. The molecule has 1 aromatic rings. The first-order valence-corrected chi connectivity index (χ1v) is 9.87. The second kappa shape index (κ2) is 8.96. The number of hydrogen-bond donors (Lipinski definition) is 0. The molecule has 0 spiro atoms.